The molecule has 17 heavy (non-hydrogen) atoms. The zero-order chi connectivity index (χ0) is 12.3. The van der Waals surface area contributed by atoms with E-state index >= 15 is 0 Å². The maximum absolute atomic E-state index is 6.01. The molecule has 90 valence electrons. The van der Waals surface area contributed by atoms with Crippen molar-refractivity contribution in [2.24, 2.45) is 5.73 Å². The third kappa shape index (κ3) is 3.08. The van der Waals surface area contributed by atoms with Crippen molar-refractivity contribution in [3.05, 3.63) is 42.0 Å². The van der Waals surface area contributed by atoms with Crippen LogP contribution in [0.1, 0.15) is 23.4 Å². The molecule has 0 saturated heterocycles. The molecule has 2 N–H and O–H groups in total. The van der Waals surface area contributed by atoms with Crippen LogP contribution in [-0.2, 0) is 0 Å². The number of rotatable bonds is 4. The standard InChI is InChI=1S/C12H15N3OS/c1-8-7-16-12(15-8)17-11(9(2)13)10-3-5-14-6-4-10/h3-7,9,11H,13H2,1-2H3. The SMILES string of the molecule is Cc1coc(SC(c2ccncc2)C(C)N)n1. The molecule has 0 aliphatic rings. The van der Waals surface area contributed by atoms with E-state index in [9.17, 15) is 0 Å². The van der Waals surface area contributed by atoms with Gasteiger partial charge in [0.1, 0.15) is 6.26 Å². The van der Waals surface area contributed by atoms with Gasteiger partial charge in [0.05, 0.1) is 10.9 Å². The van der Waals surface area contributed by atoms with E-state index in [1.54, 1.807) is 30.4 Å². The lowest BCUT2D eigenvalue weighted by molar-refractivity contribution is 0.452. The number of pyridine rings is 1. The minimum absolute atomic E-state index is 0.00889. The highest BCUT2D eigenvalue weighted by molar-refractivity contribution is 7.99. The molecule has 5 heteroatoms. The molecule has 2 aromatic heterocycles. The number of aromatic nitrogens is 2. The Hall–Kier alpha value is -1.33. The fourth-order valence-corrected chi connectivity index (χ4v) is 2.55. The molecule has 2 unspecified atom stereocenters. The smallest absolute Gasteiger partial charge is 0.256 e. The fourth-order valence-electron chi connectivity index (χ4n) is 1.53. The molecule has 0 aliphatic carbocycles. The number of hydrogen-bond donors (Lipinski definition) is 1. The van der Waals surface area contributed by atoms with Crippen LogP contribution < -0.4 is 5.73 Å². The van der Waals surface area contributed by atoms with E-state index in [4.69, 9.17) is 10.2 Å². The van der Waals surface area contributed by atoms with E-state index in [1.165, 1.54) is 0 Å². The number of oxazole rings is 1. The van der Waals surface area contributed by atoms with Gasteiger partial charge in [-0.15, -0.1) is 0 Å². The maximum Gasteiger partial charge on any atom is 0.256 e. The first-order valence-electron chi connectivity index (χ1n) is 5.41. The van der Waals surface area contributed by atoms with Gasteiger partial charge in [0.2, 0.25) is 0 Å². The first kappa shape index (κ1) is 12.1. The molecule has 0 aliphatic heterocycles. The van der Waals surface area contributed by atoms with E-state index < -0.39 is 0 Å². The molecule has 0 bridgehead atoms. The molecular formula is C12H15N3OS. The molecule has 0 spiro atoms. The zero-order valence-corrected chi connectivity index (χ0v) is 10.6. The molecule has 2 atom stereocenters. The quantitative estimate of drug-likeness (QED) is 0.844. The Morgan fingerprint density at radius 1 is 1.35 bits per heavy atom. The summed E-state index contributed by atoms with van der Waals surface area (Å²) in [7, 11) is 0. The highest BCUT2D eigenvalue weighted by atomic mass is 32.2. The van der Waals surface area contributed by atoms with E-state index in [0.29, 0.717) is 5.22 Å². The average Bonchev–Trinajstić information content (AvgIpc) is 2.73. The Kier molecular flexibility index (Phi) is 3.81. The minimum atomic E-state index is 0.00889. The van der Waals surface area contributed by atoms with Gasteiger partial charge >= 0.3 is 0 Å². The molecule has 0 radical (unpaired) electrons. The van der Waals surface area contributed by atoms with E-state index in [1.807, 2.05) is 26.0 Å². The number of hydrogen-bond acceptors (Lipinski definition) is 5. The summed E-state index contributed by atoms with van der Waals surface area (Å²) >= 11 is 1.54. The van der Waals surface area contributed by atoms with Crippen molar-refractivity contribution in [2.75, 3.05) is 0 Å². The van der Waals surface area contributed by atoms with Crippen molar-refractivity contribution in [2.45, 2.75) is 30.4 Å². The van der Waals surface area contributed by atoms with Crippen molar-refractivity contribution in [3.63, 3.8) is 0 Å². The zero-order valence-electron chi connectivity index (χ0n) is 9.83. The average molecular weight is 249 g/mol. The van der Waals surface area contributed by atoms with Gasteiger partial charge in [0, 0.05) is 18.4 Å². The van der Waals surface area contributed by atoms with Crippen LogP contribution in [0.15, 0.2) is 40.4 Å². The monoisotopic (exact) mass is 249 g/mol. The molecule has 0 aromatic carbocycles. The van der Waals surface area contributed by atoms with Crippen LogP contribution in [0, 0.1) is 6.92 Å². The first-order valence-corrected chi connectivity index (χ1v) is 6.29. The molecule has 2 rings (SSSR count). The van der Waals surface area contributed by atoms with Crippen molar-refractivity contribution >= 4 is 11.8 Å². The minimum Gasteiger partial charge on any atom is -0.440 e. The third-order valence-corrected chi connectivity index (χ3v) is 3.68. The normalized spacial score (nSPS) is 14.5. The number of aryl methyl sites for hydroxylation is 1. The Bertz CT molecular complexity index is 470. The van der Waals surface area contributed by atoms with Gasteiger partial charge in [0.25, 0.3) is 5.22 Å². The largest absolute Gasteiger partial charge is 0.440 e. The fraction of sp³-hybridized carbons (Fsp3) is 0.333. The molecule has 0 saturated carbocycles. The molecule has 0 amide bonds. The van der Waals surface area contributed by atoms with Gasteiger partial charge in [0.15, 0.2) is 0 Å². The van der Waals surface area contributed by atoms with Crippen LogP contribution in [0.3, 0.4) is 0 Å². The second-order valence-corrected chi connectivity index (χ2v) is 5.03. The molecule has 2 heterocycles. The lowest BCUT2D eigenvalue weighted by Gasteiger charge is -2.18. The summed E-state index contributed by atoms with van der Waals surface area (Å²) in [6.07, 6.45) is 5.19. The highest BCUT2D eigenvalue weighted by Crippen LogP contribution is 2.36. The second-order valence-electron chi connectivity index (χ2n) is 3.93. The van der Waals surface area contributed by atoms with Crippen LogP contribution in [0.25, 0.3) is 0 Å². The third-order valence-electron chi connectivity index (χ3n) is 2.34. The number of nitrogens with two attached hydrogens (primary N) is 1. The van der Waals surface area contributed by atoms with Crippen LogP contribution in [0.4, 0.5) is 0 Å². The molecule has 4 nitrogen and oxygen atoms in total. The Morgan fingerprint density at radius 2 is 2.06 bits per heavy atom. The van der Waals surface area contributed by atoms with Crippen molar-refractivity contribution < 1.29 is 4.42 Å². The Balaban J connectivity index is 2.19. The summed E-state index contributed by atoms with van der Waals surface area (Å²) in [6.45, 7) is 3.88. The maximum atomic E-state index is 6.01. The summed E-state index contributed by atoms with van der Waals surface area (Å²) in [5.74, 6) is 0. The molecule has 0 fully saturated rings. The van der Waals surface area contributed by atoms with Gasteiger partial charge in [-0.1, -0.05) is 11.8 Å². The lowest BCUT2D eigenvalue weighted by atomic mass is 10.1. The topological polar surface area (TPSA) is 64.9 Å². The summed E-state index contributed by atoms with van der Waals surface area (Å²) in [4.78, 5) is 8.29. The summed E-state index contributed by atoms with van der Waals surface area (Å²) in [5.41, 5.74) is 8.03. The predicted octanol–water partition coefficient (Wildman–Crippen LogP) is 2.56. The van der Waals surface area contributed by atoms with Crippen LogP contribution in [0.5, 0.6) is 0 Å². The summed E-state index contributed by atoms with van der Waals surface area (Å²) in [5, 5.41) is 0.776. The second kappa shape index (κ2) is 5.33. The molecule has 2 aromatic rings. The van der Waals surface area contributed by atoms with Gasteiger partial charge in [-0.3, -0.25) is 4.98 Å². The van der Waals surface area contributed by atoms with Crippen molar-refractivity contribution in [1.82, 2.24) is 9.97 Å². The lowest BCUT2D eigenvalue weighted by Crippen LogP contribution is -2.22. The Labute approximate surface area is 105 Å². The van der Waals surface area contributed by atoms with Gasteiger partial charge in [-0.05, 0) is 31.5 Å². The van der Waals surface area contributed by atoms with Crippen molar-refractivity contribution in [1.29, 1.82) is 0 Å². The predicted molar refractivity (Wildman–Crippen MR) is 67.7 cm³/mol. The first-order chi connectivity index (χ1) is 8.16. The van der Waals surface area contributed by atoms with Gasteiger partial charge in [-0.2, -0.15) is 0 Å². The molecular weight excluding hydrogens is 234 g/mol. The van der Waals surface area contributed by atoms with Crippen LogP contribution in [-0.4, -0.2) is 16.0 Å². The van der Waals surface area contributed by atoms with Crippen LogP contribution in [0.2, 0.25) is 0 Å². The number of nitrogens with zero attached hydrogens (tertiary/aromatic N) is 2. The van der Waals surface area contributed by atoms with E-state index in [0.717, 1.165) is 11.3 Å². The summed E-state index contributed by atoms with van der Waals surface area (Å²) in [6, 6.07) is 3.95. The van der Waals surface area contributed by atoms with Gasteiger partial charge < -0.3 is 10.2 Å². The Morgan fingerprint density at radius 3 is 2.59 bits per heavy atom. The van der Waals surface area contributed by atoms with Crippen molar-refractivity contribution in [3.8, 4) is 0 Å². The number of thioether (sulfide) groups is 1. The van der Waals surface area contributed by atoms with E-state index in [-0.39, 0.29) is 11.3 Å². The van der Waals surface area contributed by atoms with Crippen LogP contribution >= 0.6 is 11.8 Å². The van der Waals surface area contributed by atoms with E-state index in [2.05, 4.69) is 9.97 Å². The van der Waals surface area contributed by atoms with Gasteiger partial charge in [-0.25, -0.2) is 4.98 Å². The summed E-state index contributed by atoms with van der Waals surface area (Å²) < 4.78 is 5.35. The highest BCUT2D eigenvalue weighted by Gasteiger charge is 2.20.